The number of nitrogens with two attached hydrogens (primary N) is 1. The normalized spacial score (nSPS) is 12.4. The van der Waals surface area contributed by atoms with Crippen LogP contribution in [0.4, 0.5) is 11.5 Å². The molecule has 0 radical (unpaired) electrons. The Morgan fingerprint density at radius 2 is 2.12 bits per heavy atom. The van der Waals surface area contributed by atoms with Crippen molar-refractivity contribution in [1.82, 2.24) is 9.78 Å². The van der Waals surface area contributed by atoms with Gasteiger partial charge in [-0.1, -0.05) is 29.8 Å². The van der Waals surface area contributed by atoms with Crippen molar-refractivity contribution >= 4 is 23.1 Å². The number of aryl methyl sites for hydroxylation is 1. The van der Waals surface area contributed by atoms with Gasteiger partial charge in [0.2, 0.25) is 0 Å². The molecular formula is C12H15ClN4. The topological polar surface area (TPSA) is 55.9 Å². The minimum absolute atomic E-state index is 0.0564. The van der Waals surface area contributed by atoms with Crippen molar-refractivity contribution in [3.63, 3.8) is 0 Å². The van der Waals surface area contributed by atoms with E-state index in [0.717, 1.165) is 10.6 Å². The van der Waals surface area contributed by atoms with Gasteiger partial charge in [-0.25, -0.2) is 0 Å². The van der Waals surface area contributed by atoms with Gasteiger partial charge in [0.05, 0.1) is 11.7 Å². The predicted octanol–water partition coefficient (Wildman–Crippen LogP) is 2.83. The van der Waals surface area contributed by atoms with Crippen LogP contribution in [0.25, 0.3) is 0 Å². The van der Waals surface area contributed by atoms with Gasteiger partial charge in [-0.15, -0.1) is 0 Å². The first-order chi connectivity index (χ1) is 8.08. The fourth-order valence-electron chi connectivity index (χ4n) is 1.73. The zero-order chi connectivity index (χ0) is 12.4. The molecule has 90 valence electrons. The number of nitrogens with zero attached hydrogens (tertiary/aromatic N) is 2. The molecule has 0 bridgehead atoms. The molecule has 2 rings (SSSR count). The maximum Gasteiger partial charge on any atom is 0.171 e. The molecule has 2 aromatic rings. The summed E-state index contributed by atoms with van der Waals surface area (Å²) in [6.45, 7) is 2.02. The molecule has 0 saturated carbocycles. The molecule has 17 heavy (non-hydrogen) atoms. The highest BCUT2D eigenvalue weighted by Crippen LogP contribution is 2.26. The molecule has 3 N–H and O–H groups in total. The average molecular weight is 251 g/mol. The van der Waals surface area contributed by atoms with Crippen molar-refractivity contribution in [1.29, 1.82) is 0 Å². The van der Waals surface area contributed by atoms with E-state index >= 15 is 0 Å². The third-order valence-corrected chi connectivity index (χ3v) is 2.93. The van der Waals surface area contributed by atoms with Gasteiger partial charge in [0.15, 0.2) is 5.82 Å². The molecule has 0 fully saturated rings. The van der Waals surface area contributed by atoms with Gasteiger partial charge in [-0.3, -0.25) is 4.68 Å². The second-order valence-electron chi connectivity index (χ2n) is 3.99. The van der Waals surface area contributed by atoms with Gasteiger partial charge < -0.3 is 11.1 Å². The van der Waals surface area contributed by atoms with Crippen molar-refractivity contribution in [3.8, 4) is 0 Å². The van der Waals surface area contributed by atoms with Crippen LogP contribution in [0.1, 0.15) is 18.5 Å². The molecule has 0 aliphatic rings. The Morgan fingerprint density at radius 3 is 2.71 bits per heavy atom. The van der Waals surface area contributed by atoms with Crippen molar-refractivity contribution in [3.05, 3.63) is 41.0 Å². The highest BCUT2D eigenvalue weighted by Gasteiger charge is 2.12. The first-order valence-electron chi connectivity index (χ1n) is 5.38. The number of rotatable bonds is 3. The van der Waals surface area contributed by atoms with Crippen LogP contribution in [-0.2, 0) is 7.05 Å². The van der Waals surface area contributed by atoms with E-state index in [4.69, 9.17) is 17.3 Å². The van der Waals surface area contributed by atoms with E-state index in [1.54, 1.807) is 10.9 Å². The summed E-state index contributed by atoms with van der Waals surface area (Å²) in [5, 5.41) is 8.23. The molecule has 0 spiro atoms. The molecule has 1 aromatic carbocycles. The molecule has 1 unspecified atom stereocenters. The lowest BCUT2D eigenvalue weighted by atomic mass is 10.1. The van der Waals surface area contributed by atoms with E-state index < -0.39 is 0 Å². The number of nitrogens with one attached hydrogen (secondary N) is 1. The molecule has 0 aliphatic carbocycles. The van der Waals surface area contributed by atoms with Crippen molar-refractivity contribution in [2.45, 2.75) is 13.0 Å². The number of hydrogen-bond acceptors (Lipinski definition) is 3. The molecule has 1 heterocycles. The van der Waals surface area contributed by atoms with Crippen LogP contribution < -0.4 is 11.1 Å². The minimum atomic E-state index is 0.0564. The van der Waals surface area contributed by atoms with Gasteiger partial charge in [0, 0.05) is 18.3 Å². The van der Waals surface area contributed by atoms with Crippen LogP contribution in [0.3, 0.4) is 0 Å². The summed E-state index contributed by atoms with van der Waals surface area (Å²) in [6.07, 6.45) is 1.77. The van der Waals surface area contributed by atoms with Crippen LogP contribution in [0.2, 0.25) is 5.02 Å². The van der Waals surface area contributed by atoms with Crippen LogP contribution >= 0.6 is 11.6 Å². The SMILES string of the molecule is CC(Nc1nn(C)cc1N)c1ccccc1Cl. The maximum atomic E-state index is 6.13. The molecular weight excluding hydrogens is 236 g/mol. The second-order valence-corrected chi connectivity index (χ2v) is 4.40. The largest absolute Gasteiger partial charge is 0.394 e. The van der Waals surface area contributed by atoms with Crippen LogP contribution in [0, 0.1) is 0 Å². The number of halogens is 1. The van der Waals surface area contributed by atoms with Gasteiger partial charge >= 0.3 is 0 Å². The van der Waals surface area contributed by atoms with Crippen LogP contribution in [0.5, 0.6) is 0 Å². The number of nitrogen functional groups attached to an aromatic ring is 1. The fraction of sp³-hybridized carbons (Fsp3) is 0.250. The molecule has 5 heteroatoms. The Morgan fingerprint density at radius 1 is 1.41 bits per heavy atom. The highest BCUT2D eigenvalue weighted by molar-refractivity contribution is 6.31. The van der Waals surface area contributed by atoms with Gasteiger partial charge in [0.1, 0.15) is 0 Å². The van der Waals surface area contributed by atoms with E-state index in [1.807, 2.05) is 38.2 Å². The lowest BCUT2D eigenvalue weighted by Crippen LogP contribution is -2.09. The quantitative estimate of drug-likeness (QED) is 0.881. The second kappa shape index (κ2) is 4.67. The summed E-state index contributed by atoms with van der Waals surface area (Å²) in [5.74, 6) is 0.680. The first kappa shape index (κ1) is 11.8. The highest BCUT2D eigenvalue weighted by atomic mass is 35.5. The van der Waals surface area contributed by atoms with Gasteiger partial charge in [-0.05, 0) is 18.6 Å². The number of benzene rings is 1. The van der Waals surface area contributed by atoms with E-state index in [9.17, 15) is 0 Å². The monoisotopic (exact) mass is 250 g/mol. The van der Waals surface area contributed by atoms with Gasteiger partial charge in [-0.2, -0.15) is 5.10 Å². The van der Waals surface area contributed by atoms with Gasteiger partial charge in [0.25, 0.3) is 0 Å². The maximum absolute atomic E-state index is 6.13. The summed E-state index contributed by atoms with van der Waals surface area (Å²) < 4.78 is 1.68. The Bertz CT molecular complexity index is 521. The Kier molecular flexibility index (Phi) is 3.24. The molecule has 0 saturated heterocycles. The molecule has 0 amide bonds. The molecule has 1 aromatic heterocycles. The summed E-state index contributed by atoms with van der Waals surface area (Å²) in [6, 6.07) is 7.78. The zero-order valence-corrected chi connectivity index (χ0v) is 10.6. The van der Waals surface area contributed by atoms with Crippen molar-refractivity contribution < 1.29 is 0 Å². The van der Waals surface area contributed by atoms with E-state index in [1.165, 1.54) is 0 Å². The number of anilines is 2. The first-order valence-corrected chi connectivity index (χ1v) is 5.76. The molecule has 0 aliphatic heterocycles. The summed E-state index contributed by atoms with van der Waals surface area (Å²) >= 11 is 6.13. The fourth-order valence-corrected chi connectivity index (χ4v) is 2.03. The Hall–Kier alpha value is -1.68. The zero-order valence-electron chi connectivity index (χ0n) is 9.81. The minimum Gasteiger partial charge on any atom is -0.394 e. The number of aromatic nitrogens is 2. The summed E-state index contributed by atoms with van der Waals surface area (Å²) in [7, 11) is 1.84. The van der Waals surface area contributed by atoms with Crippen LogP contribution in [-0.4, -0.2) is 9.78 Å². The Balaban J connectivity index is 2.20. The van der Waals surface area contributed by atoms with Crippen molar-refractivity contribution in [2.24, 2.45) is 7.05 Å². The predicted molar refractivity (Wildman–Crippen MR) is 71.1 cm³/mol. The Labute approximate surface area is 105 Å². The van der Waals surface area contributed by atoms with E-state index in [0.29, 0.717) is 11.5 Å². The molecule has 4 nitrogen and oxygen atoms in total. The lowest BCUT2D eigenvalue weighted by Gasteiger charge is -2.15. The standard InChI is InChI=1S/C12H15ClN4/c1-8(9-5-3-4-6-10(9)13)15-12-11(14)7-17(2)16-12/h3-8H,14H2,1-2H3,(H,15,16). The smallest absolute Gasteiger partial charge is 0.171 e. The summed E-state index contributed by atoms with van der Waals surface area (Å²) in [4.78, 5) is 0. The van der Waals surface area contributed by atoms with E-state index in [2.05, 4.69) is 10.4 Å². The molecule has 1 atom stereocenters. The lowest BCUT2D eigenvalue weighted by molar-refractivity contribution is 0.760. The average Bonchev–Trinajstić information content (AvgIpc) is 2.58. The van der Waals surface area contributed by atoms with Crippen LogP contribution in [0.15, 0.2) is 30.5 Å². The van der Waals surface area contributed by atoms with E-state index in [-0.39, 0.29) is 6.04 Å². The third kappa shape index (κ3) is 2.53. The number of hydrogen-bond donors (Lipinski definition) is 2. The third-order valence-electron chi connectivity index (χ3n) is 2.58. The van der Waals surface area contributed by atoms with Crippen molar-refractivity contribution in [2.75, 3.05) is 11.1 Å². The summed E-state index contributed by atoms with van der Waals surface area (Å²) in [5.41, 5.74) is 7.48.